The van der Waals surface area contributed by atoms with Gasteiger partial charge in [-0.15, -0.1) is 0 Å². The van der Waals surface area contributed by atoms with E-state index in [0.29, 0.717) is 21.5 Å². The molecular formula is C16H12ClFN2O2. The molecule has 1 aromatic heterocycles. The van der Waals surface area contributed by atoms with Crippen LogP contribution in [0.25, 0.3) is 10.9 Å². The van der Waals surface area contributed by atoms with Gasteiger partial charge < -0.3 is 5.11 Å². The maximum absolute atomic E-state index is 13.1. The summed E-state index contributed by atoms with van der Waals surface area (Å²) in [6, 6.07) is 10.5. The molecular weight excluding hydrogens is 307 g/mol. The van der Waals surface area contributed by atoms with Crippen LogP contribution in [-0.4, -0.2) is 14.7 Å². The minimum absolute atomic E-state index is 0.0563. The van der Waals surface area contributed by atoms with Crippen molar-refractivity contribution in [3.8, 4) is 0 Å². The number of aliphatic hydroxyl groups excluding tert-OH is 1. The summed E-state index contributed by atoms with van der Waals surface area (Å²) in [6.45, 7) is 0.0563. The van der Waals surface area contributed by atoms with E-state index in [1.54, 1.807) is 24.3 Å². The van der Waals surface area contributed by atoms with Crippen LogP contribution in [0.3, 0.4) is 0 Å². The largest absolute Gasteiger partial charge is 0.387 e. The van der Waals surface area contributed by atoms with E-state index in [9.17, 15) is 14.3 Å². The summed E-state index contributed by atoms with van der Waals surface area (Å²) in [6.07, 6.45) is 0.443. The topological polar surface area (TPSA) is 55.1 Å². The first kappa shape index (κ1) is 14.7. The molecule has 0 amide bonds. The second kappa shape index (κ2) is 5.87. The van der Waals surface area contributed by atoms with Crippen LogP contribution in [0.4, 0.5) is 4.39 Å². The molecule has 22 heavy (non-hydrogen) atoms. The molecule has 0 bridgehead atoms. The molecule has 0 fully saturated rings. The Morgan fingerprint density at radius 1 is 1.23 bits per heavy atom. The number of benzene rings is 2. The molecule has 0 aliphatic heterocycles. The lowest BCUT2D eigenvalue weighted by atomic mass is 10.1. The average Bonchev–Trinajstić information content (AvgIpc) is 2.50. The fourth-order valence-electron chi connectivity index (χ4n) is 2.24. The van der Waals surface area contributed by atoms with Crippen LogP contribution in [0.15, 0.2) is 53.6 Å². The van der Waals surface area contributed by atoms with Gasteiger partial charge in [-0.2, -0.15) is 0 Å². The van der Waals surface area contributed by atoms with Crippen molar-refractivity contribution >= 4 is 22.5 Å². The predicted molar refractivity (Wildman–Crippen MR) is 82.4 cm³/mol. The Labute approximate surface area is 130 Å². The van der Waals surface area contributed by atoms with Crippen LogP contribution < -0.4 is 5.56 Å². The normalized spacial score (nSPS) is 12.5. The summed E-state index contributed by atoms with van der Waals surface area (Å²) in [4.78, 5) is 16.4. The molecule has 0 spiro atoms. The van der Waals surface area contributed by atoms with Crippen molar-refractivity contribution in [3.05, 3.63) is 75.5 Å². The highest BCUT2D eigenvalue weighted by Crippen LogP contribution is 2.18. The van der Waals surface area contributed by atoms with Crippen molar-refractivity contribution in [2.45, 2.75) is 12.6 Å². The maximum Gasteiger partial charge on any atom is 0.261 e. The molecule has 1 N–H and O–H groups in total. The molecule has 0 saturated carbocycles. The van der Waals surface area contributed by atoms with Gasteiger partial charge in [0.15, 0.2) is 0 Å². The fourth-order valence-corrected chi connectivity index (χ4v) is 2.36. The van der Waals surface area contributed by atoms with E-state index >= 15 is 0 Å². The Morgan fingerprint density at radius 2 is 1.95 bits per heavy atom. The summed E-state index contributed by atoms with van der Waals surface area (Å²) < 4.78 is 14.4. The first-order chi connectivity index (χ1) is 10.5. The minimum atomic E-state index is -0.866. The number of fused-ring (bicyclic) bond motifs is 1. The van der Waals surface area contributed by atoms with Crippen LogP contribution in [0.5, 0.6) is 0 Å². The summed E-state index contributed by atoms with van der Waals surface area (Å²) in [7, 11) is 0. The van der Waals surface area contributed by atoms with Crippen LogP contribution >= 0.6 is 11.6 Å². The average molecular weight is 319 g/mol. The first-order valence-corrected chi connectivity index (χ1v) is 7.00. The van der Waals surface area contributed by atoms with Gasteiger partial charge >= 0.3 is 0 Å². The smallest absolute Gasteiger partial charge is 0.261 e. The summed E-state index contributed by atoms with van der Waals surface area (Å²) in [5.41, 5.74) is 0.621. The minimum Gasteiger partial charge on any atom is -0.387 e. The Hall–Kier alpha value is -2.24. The first-order valence-electron chi connectivity index (χ1n) is 6.63. The van der Waals surface area contributed by atoms with Gasteiger partial charge in [0.25, 0.3) is 5.56 Å². The standard InChI is InChI=1S/C16H12ClFN2O2/c17-11-3-1-10(2-4-11)15(21)8-20-9-19-14-7-12(18)5-6-13(14)16(20)22/h1-7,9,15,21H,8H2/t15-/m1/s1. The molecule has 3 rings (SSSR count). The van der Waals surface area contributed by atoms with Gasteiger partial charge in [-0.1, -0.05) is 23.7 Å². The van der Waals surface area contributed by atoms with Crippen molar-refractivity contribution in [1.82, 2.24) is 9.55 Å². The van der Waals surface area contributed by atoms with Crippen LogP contribution in [0, 0.1) is 5.82 Å². The van der Waals surface area contributed by atoms with Crippen molar-refractivity contribution in [2.24, 2.45) is 0 Å². The van der Waals surface area contributed by atoms with Gasteiger partial charge in [0.1, 0.15) is 5.82 Å². The lowest BCUT2D eigenvalue weighted by Gasteiger charge is -2.13. The quantitative estimate of drug-likeness (QED) is 0.808. The Kier molecular flexibility index (Phi) is 3.92. The van der Waals surface area contributed by atoms with E-state index in [2.05, 4.69) is 4.98 Å². The lowest BCUT2D eigenvalue weighted by Crippen LogP contribution is -2.23. The molecule has 6 heteroatoms. The molecule has 3 aromatic rings. The molecule has 1 atom stereocenters. The number of aromatic nitrogens is 2. The molecule has 112 valence electrons. The van der Waals surface area contributed by atoms with Crippen molar-refractivity contribution < 1.29 is 9.50 Å². The highest BCUT2D eigenvalue weighted by atomic mass is 35.5. The third-order valence-electron chi connectivity index (χ3n) is 3.41. The van der Waals surface area contributed by atoms with Crippen LogP contribution in [-0.2, 0) is 6.54 Å². The number of aliphatic hydroxyl groups is 1. The van der Waals surface area contributed by atoms with Gasteiger partial charge in [-0.3, -0.25) is 9.36 Å². The number of rotatable bonds is 3. The molecule has 1 heterocycles. The van der Waals surface area contributed by atoms with Crippen molar-refractivity contribution in [2.75, 3.05) is 0 Å². The van der Waals surface area contributed by atoms with E-state index in [1.165, 1.54) is 29.1 Å². The summed E-state index contributed by atoms with van der Waals surface area (Å²) in [5.74, 6) is -0.446. The van der Waals surface area contributed by atoms with Gasteiger partial charge in [0.05, 0.1) is 29.9 Å². The van der Waals surface area contributed by atoms with Crippen LogP contribution in [0.2, 0.25) is 5.02 Å². The third kappa shape index (κ3) is 2.86. The van der Waals surface area contributed by atoms with E-state index in [4.69, 9.17) is 11.6 Å². The predicted octanol–water partition coefficient (Wildman–Crippen LogP) is 2.92. The molecule has 2 aromatic carbocycles. The maximum atomic E-state index is 13.1. The van der Waals surface area contributed by atoms with E-state index in [1.807, 2.05) is 0 Å². The second-order valence-corrected chi connectivity index (χ2v) is 5.37. The van der Waals surface area contributed by atoms with E-state index in [0.717, 1.165) is 0 Å². The van der Waals surface area contributed by atoms with Gasteiger partial charge in [-0.25, -0.2) is 9.37 Å². The Balaban J connectivity index is 1.93. The zero-order valence-electron chi connectivity index (χ0n) is 11.4. The SMILES string of the molecule is O=c1c2ccc(F)cc2ncn1C[C@@H](O)c1ccc(Cl)cc1. The third-order valence-corrected chi connectivity index (χ3v) is 3.66. The van der Waals surface area contributed by atoms with E-state index in [-0.39, 0.29) is 12.1 Å². The number of hydrogen-bond acceptors (Lipinski definition) is 3. The number of nitrogens with zero attached hydrogens (tertiary/aromatic N) is 2. The van der Waals surface area contributed by atoms with Gasteiger partial charge in [0, 0.05) is 11.1 Å². The Bertz CT molecular complexity index is 877. The Morgan fingerprint density at radius 3 is 2.68 bits per heavy atom. The van der Waals surface area contributed by atoms with E-state index < -0.39 is 11.9 Å². The van der Waals surface area contributed by atoms with Gasteiger partial charge in [-0.05, 0) is 29.8 Å². The summed E-state index contributed by atoms with van der Waals surface area (Å²) in [5, 5.41) is 11.1. The van der Waals surface area contributed by atoms with Crippen LogP contribution in [0.1, 0.15) is 11.7 Å². The fraction of sp³-hybridized carbons (Fsp3) is 0.125. The van der Waals surface area contributed by atoms with Gasteiger partial charge in [0.2, 0.25) is 0 Å². The second-order valence-electron chi connectivity index (χ2n) is 4.93. The zero-order valence-corrected chi connectivity index (χ0v) is 12.2. The molecule has 0 aliphatic carbocycles. The van der Waals surface area contributed by atoms with Crippen molar-refractivity contribution in [3.63, 3.8) is 0 Å². The monoisotopic (exact) mass is 318 g/mol. The molecule has 4 nitrogen and oxygen atoms in total. The summed E-state index contributed by atoms with van der Waals surface area (Å²) >= 11 is 5.80. The number of halogens is 2. The highest BCUT2D eigenvalue weighted by molar-refractivity contribution is 6.30. The zero-order chi connectivity index (χ0) is 15.7. The molecule has 0 aliphatic rings. The molecule has 0 unspecified atom stereocenters. The molecule has 0 saturated heterocycles. The van der Waals surface area contributed by atoms with Crippen molar-refractivity contribution in [1.29, 1.82) is 0 Å². The molecule has 0 radical (unpaired) electrons. The lowest BCUT2D eigenvalue weighted by molar-refractivity contribution is 0.155. The highest BCUT2D eigenvalue weighted by Gasteiger charge is 2.11. The number of hydrogen-bond donors (Lipinski definition) is 1.